The fourth-order valence-electron chi connectivity index (χ4n) is 2.81. The molecule has 1 aromatic rings. The van der Waals surface area contributed by atoms with Crippen LogP contribution in [0.25, 0.3) is 0 Å². The predicted octanol–water partition coefficient (Wildman–Crippen LogP) is 3.74. The van der Waals surface area contributed by atoms with Crippen LogP contribution in [-0.4, -0.2) is 30.6 Å². The summed E-state index contributed by atoms with van der Waals surface area (Å²) in [5, 5.41) is 0. The number of unbranched alkanes of at least 4 members (excludes halogenated alkanes) is 1. The third kappa shape index (κ3) is 4.72. The lowest BCUT2D eigenvalue weighted by Gasteiger charge is -2.31. The molecular weight excluding hydrogens is 260 g/mol. The van der Waals surface area contributed by atoms with Crippen molar-refractivity contribution in [3.05, 3.63) is 29.8 Å². The van der Waals surface area contributed by atoms with E-state index in [1.54, 1.807) is 0 Å². The van der Waals surface area contributed by atoms with Crippen molar-refractivity contribution in [3.8, 4) is 5.75 Å². The van der Waals surface area contributed by atoms with Crippen LogP contribution in [0.15, 0.2) is 24.3 Å². The number of rotatable bonds is 10. The van der Waals surface area contributed by atoms with E-state index in [-0.39, 0.29) is 0 Å². The third-order valence-corrected chi connectivity index (χ3v) is 4.15. The molecule has 1 aliphatic carbocycles. The van der Waals surface area contributed by atoms with Gasteiger partial charge in [-0.3, -0.25) is 4.90 Å². The molecule has 0 aromatic heterocycles. The molecule has 0 saturated heterocycles. The molecule has 2 rings (SSSR count). The molecule has 21 heavy (non-hydrogen) atoms. The van der Waals surface area contributed by atoms with Crippen molar-refractivity contribution in [2.75, 3.05) is 19.7 Å². The normalized spacial score (nSPS) is 16.2. The van der Waals surface area contributed by atoms with Crippen LogP contribution in [0.2, 0.25) is 0 Å². The van der Waals surface area contributed by atoms with Gasteiger partial charge in [-0.05, 0) is 49.9 Å². The minimum atomic E-state index is 0.351. The average molecular weight is 290 g/mol. The minimum absolute atomic E-state index is 0.351. The summed E-state index contributed by atoms with van der Waals surface area (Å²) in [6.07, 6.45) is 6.20. The summed E-state index contributed by atoms with van der Waals surface area (Å²) in [6, 6.07) is 9.63. The van der Waals surface area contributed by atoms with Crippen molar-refractivity contribution in [3.63, 3.8) is 0 Å². The summed E-state index contributed by atoms with van der Waals surface area (Å²) < 4.78 is 5.66. The fourth-order valence-corrected chi connectivity index (χ4v) is 2.81. The van der Waals surface area contributed by atoms with Crippen LogP contribution in [0.3, 0.4) is 0 Å². The molecule has 1 saturated carbocycles. The van der Waals surface area contributed by atoms with Gasteiger partial charge in [-0.25, -0.2) is 0 Å². The van der Waals surface area contributed by atoms with Gasteiger partial charge in [-0.1, -0.05) is 32.4 Å². The zero-order chi connectivity index (χ0) is 15.1. The third-order valence-electron chi connectivity index (χ3n) is 4.15. The molecule has 0 spiro atoms. The molecule has 1 fully saturated rings. The highest BCUT2D eigenvalue weighted by Crippen LogP contribution is 2.34. The summed E-state index contributed by atoms with van der Waals surface area (Å²) >= 11 is 0. The second kappa shape index (κ2) is 8.40. The SMILES string of the molecule is CCCCN(C1CC1)C(CN)c1ccc(OCCC)cc1. The Balaban J connectivity index is 2.04. The number of ether oxygens (including phenoxy) is 1. The molecule has 3 heteroatoms. The minimum Gasteiger partial charge on any atom is -0.494 e. The lowest BCUT2D eigenvalue weighted by atomic mass is 10.0. The van der Waals surface area contributed by atoms with Crippen molar-refractivity contribution < 1.29 is 4.74 Å². The van der Waals surface area contributed by atoms with Gasteiger partial charge in [0, 0.05) is 18.6 Å². The first kappa shape index (κ1) is 16.3. The summed E-state index contributed by atoms with van der Waals surface area (Å²) in [4.78, 5) is 2.62. The second-order valence-electron chi connectivity index (χ2n) is 5.99. The van der Waals surface area contributed by atoms with Crippen molar-refractivity contribution in [2.24, 2.45) is 5.73 Å². The first-order valence-corrected chi connectivity index (χ1v) is 8.48. The van der Waals surface area contributed by atoms with Crippen LogP contribution in [0, 0.1) is 0 Å². The van der Waals surface area contributed by atoms with E-state index >= 15 is 0 Å². The van der Waals surface area contributed by atoms with E-state index in [9.17, 15) is 0 Å². The summed E-state index contributed by atoms with van der Waals surface area (Å²) in [7, 11) is 0. The maximum Gasteiger partial charge on any atom is 0.119 e. The molecule has 2 N–H and O–H groups in total. The van der Waals surface area contributed by atoms with Crippen LogP contribution in [-0.2, 0) is 0 Å². The quantitative estimate of drug-likeness (QED) is 0.713. The van der Waals surface area contributed by atoms with Gasteiger partial charge in [-0.15, -0.1) is 0 Å². The van der Waals surface area contributed by atoms with Crippen LogP contribution < -0.4 is 10.5 Å². The zero-order valence-corrected chi connectivity index (χ0v) is 13.6. The van der Waals surface area contributed by atoms with E-state index in [2.05, 4.69) is 43.0 Å². The molecule has 0 aliphatic heterocycles. The topological polar surface area (TPSA) is 38.5 Å². The standard InChI is InChI=1S/C18H30N2O/c1-3-5-12-20(16-8-9-16)18(14-19)15-6-10-17(11-7-15)21-13-4-2/h6-7,10-11,16,18H,3-5,8-9,12-14,19H2,1-2H3. The van der Waals surface area contributed by atoms with Gasteiger partial charge in [0.2, 0.25) is 0 Å². The summed E-state index contributed by atoms with van der Waals surface area (Å²) in [5.41, 5.74) is 7.41. The average Bonchev–Trinajstić information content (AvgIpc) is 3.35. The van der Waals surface area contributed by atoms with Gasteiger partial charge < -0.3 is 10.5 Å². The molecule has 3 nitrogen and oxygen atoms in total. The van der Waals surface area contributed by atoms with Crippen molar-refractivity contribution in [1.82, 2.24) is 4.90 Å². The molecule has 0 heterocycles. The number of hydrogen-bond acceptors (Lipinski definition) is 3. The monoisotopic (exact) mass is 290 g/mol. The molecule has 0 radical (unpaired) electrons. The van der Waals surface area contributed by atoms with Crippen LogP contribution in [0.5, 0.6) is 5.75 Å². The second-order valence-corrected chi connectivity index (χ2v) is 5.99. The smallest absolute Gasteiger partial charge is 0.119 e. The maximum atomic E-state index is 6.09. The zero-order valence-electron chi connectivity index (χ0n) is 13.6. The Morgan fingerprint density at radius 1 is 1.19 bits per heavy atom. The fraction of sp³-hybridized carbons (Fsp3) is 0.667. The Bertz CT molecular complexity index is 400. The van der Waals surface area contributed by atoms with Crippen molar-refractivity contribution in [1.29, 1.82) is 0 Å². The van der Waals surface area contributed by atoms with E-state index < -0.39 is 0 Å². The lowest BCUT2D eigenvalue weighted by molar-refractivity contribution is 0.188. The highest BCUT2D eigenvalue weighted by atomic mass is 16.5. The number of nitrogens with two attached hydrogens (primary N) is 1. The number of hydrogen-bond donors (Lipinski definition) is 1. The van der Waals surface area contributed by atoms with E-state index in [1.165, 1.54) is 31.2 Å². The Hall–Kier alpha value is -1.06. The molecule has 1 aliphatic rings. The highest BCUT2D eigenvalue weighted by molar-refractivity contribution is 5.29. The Kier molecular flexibility index (Phi) is 6.52. The number of nitrogens with zero attached hydrogens (tertiary/aromatic N) is 1. The summed E-state index contributed by atoms with van der Waals surface area (Å²) in [6.45, 7) is 7.01. The Morgan fingerprint density at radius 2 is 1.90 bits per heavy atom. The van der Waals surface area contributed by atoms with Gasteiger partial charge in [0.25, 0.3) is 0 Å². The Morgan fingerprint density at radius 3 is 2.43 bits per heavy atom. The molecule has 0 amide bonds. The van der Waals surface area contributed by atoms with E-state index in [0.717, 1.165) is 31.4 Å². The first-order chi connectivity index (χ1) is 10.3. The van der Waals surface area contributed by atoms with Crippen LogP contribution >= 0.6 is 0 Å². The predicted molar refractivity (Wildman–Crippen MR) is 88.7 cm³/mol. The molecule has 0 bridgehead atoms. The van der Waals surface area contributed by atoms with Crippen molar-refractivity contribution >= 4 is 0 Å². The molecule has 1 atom stereocenters. The maximum absolute atomic E-state index is 6.09. The lowest BCUT2D eigenvalue weighted by Crippen LogP contribution is -2.36. The Labute approximate surface area is 129 Å². The van der Waals surface area contributed by atoms with E-state index in [4.69, 9.17) is 10.5 Å². The number of benzene rings is 1. The largest absolute Gasteiger partial charge is 0.494 e. The van der Waals surface area contributed by atoms with Gasteiger partial charge in [0.15, 0.2) is 0 Å². The van der Waals surface area contributed by atoms with E-state index in [1.807, 2.05) is 0 Å². The van der Waals surface area contributed by atoms with Crippen molar-refractivity contribution in [2.45, 2.75) is 58.0 Å². The van der Waals surface area contributed by atoms with Gasteiger partial charge in [0.1, 0.15) is 5.75 Å². The van der Waals surface area contributed by atoms with Crippen LogP contribution in [0.1, 0.15) is 57.6 Å². The first-order valence-electron chi connectivity index (χ1n) is 8.48. The van der Waals surface area contributed by atoms with Gasteiger partial charge >= 0.3 is 0 Å². The molecule has 1 aromatic carbocycles. The van der Waals surface area contributed by atoms with Gasteiger partial charge in [0.05, 0.1) is 6.61 Å². The molecular formula is C18H30N2O. The van der Waals surface area contributed by atoms with Gasteiger partial charge in [-0.2, -0.15) is 0 Å². The summed E-state index contributed by atoms with van der Waals surface area (Å²) in [5.74, 6) is 0.961. The molecule has 118 valence electrons. The highest BCUT2D eigenvalue weighted by Gasteiger charge is 2.33. The van der Waals surface area contributed by atoms with E-state index in [0.29, 0.717) is 12.6 Å². The molecule has 1 unspecified atom stereocenters. The van der Waals surface area contributed by atoms with Crippen LogP contribution in [0.4, 0.5) is 0 Å².